The third-order valence-electron chi connectivity index (χ3n) is 10.9. The van der Waals surface area contributed by atoms with Crippen LogP contribution in [-0.4, -0.2) is 80.9 Å². The van der Waals surface area contributed by atoms with Gasteiger partial charge in [-0.15, -0.1) is 0 Å². The summed E-state index contributed by atoms with van der Waals surface area (Å²) in [6.45, 7) is 14.4. The number of nitrogens with zero attached hydrogens (tertiary/aromatic N) is 2. The van der Waals surface area contributed by atoms with Gasteiger partial charge in [-0.05, 0) is 39.5 Å². The van der Waals surface area contributed by atoms with Gasteiger partial charge in [-0.1, -0.05) is 194 Å². The van der Waals surface area contributed by atoms with Crippen molar-refractivity contribution in [2.24, 2.45) is 0 Å². The van der Waals surface area contributed by atoms with Crippen LogP contribution in [0.4, 0.5) is 0 Å². The molecule has 0 heterocycles. The summed E-state index contributed by atoms with van der Waals surface area (Å²) in [6.07, 6.45) is 46.8. The Labute approximate surface area is 323 Å². The van der Waals surface area contributed by atoms with Crippen LogP contribution in [0.5, 0.6) is 0 Å². The van der Waals surface area contributed by atoms with Crippen molar-refractivity contribution in [2.75, 3.05) is 54.4 Å². The van der Waals surface area contributed by atoms with Crippen LogP contribution in [0.2, 0.25) is 0 Å². The molecule has 312 valence electrons. The van der Waals surface area contributed by atoms with Gasteiger partial charge in [0, 0.05) is 10.4 Å². The number of rotatable bonds is 36. The van der Waals surface area contributed by atoms with Gasteiger partial charge in [0.25, 0.3) is 0 Å². The smallest absolute Gasteiger partial charge is 0.0782 e. The van der Waals surface area contributed by atoms with E-state index >= 15 is 0 Å². The SMILES string of the molecule is CCCCCCCCCCCCCCCCCC[N+](C)(C)CC.CCCCCCCCCCCCCCCCCC[N+](C)(C)CC.O=S(=O)([O-])[O-]. The molecular weight excluding hydrogens is 653 g/mol. The molecule has 0 aromatic heterocycles. The van der Waals surface area contributed by atoms with E-state index in [-0.39, 0.29) is 0 Å². The van der Waals surface area contributed by atoms with Crippen molar-refractivity contribution >= 4 is 10.4 Å². The summed E-state index contributed by atoms with van der Waals surface area (Å²) in [6, 6.07) is 0. The van der Waals surface area contributed by atoms with Crippen LogP contribution in [0, 0.1) is 0 Å². The van der Waals surface area contributed by atoms with Crippen LogP contribution in [-0.2, 0) is 10.4 Å². The fourth-order valence-corrected chi connectivity index (χ4v) is 6.49. The van der Waals surface area contributed by atoms with Crippen LogP contribution in [0.3, 0.4) is 0 Å². The summed E-state index contributed by atoms with van der Waals surface area (Å²) in [5.41, 5.74) is 0. The zero-order valence-corrected chi connectivity index (χ0v) is 37.2. The normalized spacial score (nSPS) is 12.0. The molecule has 7 heteroatoms. The first-order valence-electron chi connectivity index (χ1n) is 22.5. The van der Waals surface area contributed by atoms with Gasteiger partial charge in [0.2, 0.25) is 0 Å². The van der Waals surface area contributed by atoms with Crippen molar-refractivity contribution in [3.63, 3.8) is 0 Å². The van der Waals surface area contributed by atoms with Gasteiger partial charge in [0.15, 0.2) is 0 Å². The zero-order valence-electron chi connectivity index (χ0n) is 36.4. The molecular formula is C44H96N2O4S. The summed E-state index contributed by atoms with van der Waals surface area (Å²) in [4.78, 5) is 0. The van der Waals surface area contributed by atoms with Gasteiger partial charge in [-0.2, -0.15) is 0 Å². The Kier molecular flexibility index (Phi) is 44.3. The molecule has 0 aromatic rings. The fraction of sp³-hybridized carbons (Fsp3) is 1.00. The molecule has 0 saturated carbocycles. The minimum atomic E-state index is -5.17. The van der Waals surface area contributed by atoms with Crippen molar-refractivity contribution in [1.29, 1.82) is 0 Å². The van der Waals surface area contributed by atoms with Crippen molar-refractivity contribution in [1.82, 2.24) is 0 Å². The Hall–Kier alpha value is -0.210. The summed E-state index contributed by atoms with van der Waals surface area (Å²) >= 11 is 0. The molecule has 0 N–H and O–H groups in total. The Morgan fingerprint density at radius 2 is 0.451 bits per heavy atom. The highest BCUT2D eigenvalue weighted by molar-refractivity contribution is 7.79. The lowest BCUT2D eigenvalue weighted by Crippen LogP contribution is -2.39. The number of hydrogen-bond donors (Lipinski definition) is 0. The van der Waals surface area contributed by atoms with E-state index < -0.39 is 10.4 Å². The van der Waals surface area contributed by atoms with Gasteiger partial charge in [0.05, 0.1) is 54.4 Å². The zero-order chi connectivity index (χ0) is 39.0. The summed E-state index contributed by atoms with van der Waals surface area (Å²) in [5, 5.41) is 0. The fourth-order valence-electron chi connectivity index (χ4n) is 6.49. The average molecular weight is 749 g/mol. The van der Waals surface area contributed by atoms with Gasteiger partial charge < -0.3 is 18.1 Å². The van der Waals surface area contributed by atoms with E-state index in [9.17, 15) is 0 Å². The van der Waals surface area contributed by atoms with Crippen molar-refractivity contribution in [3.05, 3.63) is 0 Å². The topological polar surface area (TPSA) is 80.3 Å². The Morgan fingerprint density at radius 3 is 0.588 bits per heavy atom. The lowest BCUT2D eigenvalue weighted by atomic mass is 10.0. The first-order valence-corrected chi connectivity index (χ1v) is 23.9. The van der Waals surface area contributed by atoms with E-state index in [0.29, 0.717) is 0 Å². The summed E-state index contributed by atoms with van der Waals surface area (Å²) < 4.78 is 36.5. The maximum atomic E-state index is 8.52. The summed E-state index contributed by atoms with van der Waals surface area (Å²) in [7, 11) is 4.24. The number of unbranched alkanes of at least 4 members (excludes halogenated alkanes) is 30. The molecule has 6 nitrogen and oxygen atoms in total. The highest BCUT2D eigenvalue weighted by Gasteiger charge is 2.11. The first-order chi connectivity index (χ1) is 24.2. The quantitative estimate of drug-likeness (QED) is 0.0276. The second kappa shape index (κ2) is 41.0. The minimum Gasteiger partial charge on any atom is -0.759 e. The summed E-state index contributed by atoms with van der Waals surface area (Å²) in [5.74, 6) is 0. The molecule has 0 spiro atoms. The van der Waals surface area contributed by atoms with Gasteiger partial charge in [-0.3, -0.25) is 8.42 Å². The largest absolute Gasteiger partial charge is 0.759 e. The second-order valence-corrected chi connectivity index (χ2v) is 17.8. The third-order valence-corrected chi connectivity index (χ3v) is 10.9. The predicted molar refractivity (Wildman–Crippen MR) is 225 cm³/mol. The highest BCUT2D eigenvalue weighted by Crippen LogP contribution is 2.16. The maximum absolute atomic E-state index is 8.52. The Morgan fingerprint density at radius 1 is 0.314 bits per heavy atom. The van der Waals surface area contributed by atoms with Crippen LogP contribution in [0.1, 0.15) is 233 Å². The Balaban J connectivity index is -0.000000796. The Bertz CT molecular complexity index is 702. The standard InChI is InChI=1S/2C22H48N.H2O4S/c2*1-5-7-8-9-10-11-12-13-14-15-16-17-18-19-20-21-22-23(3,4)6-2;1-5(2,3)4/h2*5-22H2,1-4H3;(H2,1,2,3,4)/q2*+1;/p-2. The number of hydrogen-bond acceptors (Lipinski definition) is 4. The van der Waals surface area contributed by atoms with Gasteiger partial charge >= 0.3 is 0 Å². The molecule has 51 heavy (non-hydrogen) atoms. The van der Waals surface area contributed by atoms with Crippen molar-refractivity contribution in [2.45, 2.75) is 233 Å². The second-order valence-electron chi connectivity index (χ2n) is 17.0. The molecule has 0 atom stereocenters. The predicted octanol–water partition coefficient (Wildman–Crippen LogP) is 13.4. The van der Waals surface area contributed by atoms with Crippen LogP contribution in [0.15, 0.2) is 0 Å². The van der Waals surface area contributed by atoms with Gasteiger partial charge in [-0.25, -0.2) is 0 Å². The van der Waals surface area contributed by atoms with E-state index in [1.807, 2.05) is 0 Å². The average Bonchev–Trinajstić information content (AvgIpc) is 3.07. The van der Waals surface area contributed by atoms with Crippen LogP contribution < -0.4 is 0 Å². The highest BCUT2D eigenvalue weighted by atomic mass is 32.3. The third kappa shape index (κ3) is 59.3. The van der Waals surface area contributed by atoms with E-state index in [4.69, 9.17) is 17.5 Å². The molecule has 0 bridgehead atoms. The molecule has 0 aliphatic carbocycles. The molecule has 0 radical (unpaired) electrons. The molecule has 0 aliphatic rings. The van der Waals surface area contributed by atoms with E-state index in [2.05, 4.69) is 55.9 Å². The van der Waals surface area contributed by atoms with E-state index in [1.54, 1.807) is 0 Å². The van der Waals surface area contributed by atoms with Crippen LogP contribution >= 0.6 is 0 Å². The number of quaternary nitrogens is 2. The molecule has 0 aliphatic heterocycles. The van der Waals surface area contributed by atoms with Gasteiger partial charge in [0.1, 0.15) is 0 Å². The van der Waals surface area contributed by atoms with Crippen LogP contribution in [0.25, 0.3) is 0 Å². The molecule has 0 rings (SSSR count). The molecule has 0 unspecified atom stereocenters. The lowest BCUT2D eigenvalue weighted by Gasteiger charge is -2.28. The molecule has 0 fully saturated rings. The molecule has 0 saturated heterocycles. The molecule has 0 amide bonds. The van der Waals surface area contributed by atoms with Crippen molar-refractivity contribution < 1.29 is 26.5 Å². The lowest BCUT2D eigenvalue weighted by molar-refractivity contribution is -0.888. The van der Waals surface area contributed by atoms with Crippen molar-refractivity contribution in [3.8, 4) is 0 Å². The first kappa shape index (κ1) is 55.1. The van der Waals surface area contributed by atoms with E-state index in [1.165, 1.54) is 241 Å². The molecule has 0 aromatic carbocycles. The maximum Gasteiger partial charge on any atom is 0.0782 e. The minimum absolute atomic E-state index is 1.19. The van der Waals surface area contributed by atoms with E-state index in [0.717, 1.165) is 0 Å². The monoisotopic (exact) mass is 749 g/mol.